The van der Waals surface area contributed by atoms with Crippen LogP contribution in [-0.4, -0.2) is 41.4 Å². The Kier molecular flexibility index (Phi) is 6.68. The molecule has 0 spiro atoms. The average molecular weight is 346 g/mol. The number of nitrogens with zero attached hydrogens (tertiary/aromatic N) is 1. The molecule has 0 bridgehead atoms. The van der Waals surface area contributed by atoms with Gasteiger partial charge in [-0.3, -0.25) is 4.21 Å². The highest BCUT2D eigenvalue weighted by atomic mass is 35.5. The van der Waals surface area contributed by atoms with Gasteiger partial charge in [-0.05, 0) is 39.0 Å². The minimum absolute atomic E-state index is 0.275. The molecule has 1 atom stereocenters. The molecule has 0 heterocycles. The molecule has 0 saturated carbocycles. The number of urea groups is 1. The Morgan fingerprint density at radius 1 is 1.32 bits per heavy atom. The van der Waals surface area contributed by atoms with Crippen molar-refractivity contribution < 1.29 is 9.00 Å². The van der Waals surface area contributed by atoms with Crippen LogP contribution < -0.4 is 15.5 Å². The van der Waals surface area contributed by atoms with Gasteiger partial charge in [-0.2, -0.15) is 0 Å². The van der Waals surface area contributed by atoms with E-state index in [0.29, 0.717) is 23.0 Å². The van der Waals surface area contributed by atoms with Crippen LogP contribution in [0.3, 0.4) is 0 Å². The fourth-order valence-electron chi connectivity index (χ4n) is 1.73. The van der Waals surface area contributed by atoms with Gasteiger partial charge in [0.15, 0.2) is 0 Å². The molecule has 22 heavy (non-hydrogen) atoms. The number of rotatable bonds is 5. The molecule has 0 unspecified atom stereocenters. The maximum absolute atomic E-state index is 11.9. The molecule has 0 saturated heterocycles. The van der Waals surface area contributed by atoms with Gasteiger partial charge in [-0.15, -0.1) is 0 Å². The second-order valence-electron chi connectivity index (χ2n) is 6.10. The maximum atomic E-state index is 11.9. The summed E-state index contributed by atoms with van der Waals surface area (Å²) in [6.45, 7) is 6.10. The molecule has 0 aromatic heterocycles. The van der Waals surface area contributed by atoms with Gasteiger partial charge in [0, 0.05) is 47.0 Å². The van der Waals surface area contributed by atoms with Gasteiger partial charge in [0.2, 0.25) is 0 Å². The lowest BCUT2D eigenvalue weighted by molar-refractivity contribution is 0.252. The molecule has 0 aliphatic heterocycles. The van der Waals surface area contributed by atoms with E-state index >= 15 is 0 Å². The van der Waals surface area contributed by atoms with Gasteiger partial charge in [-0.25, -0.2) is 4.79 Å². The van der Waals surface area contributed by atoms with Crippen molar-refractivity contribution in [2.75, 3.05) is 36.6 Å². The molecule has 1 aromatic carbocycles. The molecule has 0 radical (unpaired) electrons. The van der Waals surface area contributed by atoms with Crippen LogP contribution in [0.5, 0.6) is 0 Å². The van der Waals surface area contributed by atoms with E-state index in [1.165, 1.54) is 0 Å². The average Bonchev–Trinajstić information content (AvgIpc) is 2.37. The topological polar surface area (TPSA) is 61.4 Å². The highest BCUT2D eigenvalue weighted by Gasteiger charge is 2.19. The van der Waals surface area contributed by atoms with Gasteiger partial charge < -0.3 is 15.5 Å². The van der Waals surface area contributed by atoms with Crippen molar-refractivity contribution >= 4 is 39.8 Å². The number of amides is 2. The van der Waals surface area contributed by atoms with Crippen LogP contribution in [0, 0.1) is 0 Å². The summed E-state index contributed by atoms with van der Waals surface area (Å²) in [7, 11) is 2.79. The van der Waals surface area contributed by atoms with E-state index in [-0.39, 0.29) is 10.8 Å². The Morgan fingerprint density at radius 3 is 2.50 bits per heavy atom. The zero-order chi connectivity index (χ0) is 16.9. The first-order chi connectivity index (χ1) is 10.1. The Hall–Kier alpha value is -1.27. The number of nitrogens with one attached hydrogen (secondary N) is 2. The highest BCUT2D eigenvalue weighted by Crippen LogP contribution is 2.27. The van der Waals surface area contributed by atoms with Crippen molar-refractivity contribution in [2.24, 2.45) is 0 Å². The first-order valence-electron chi connectivity index (χ1n) is 7.01. The van der Waals surface area contributed by atoms with E-state index in [4.69, 9.17) is 11.6 Å². The summed E-state index contributed by atoms with van der Waals surface area (Å²) in [5.74, 6) is 0.424. The Morgan fingerprint density at radius 2 is 1.95 bits per heavy atom. The van der Waals surface area contributed by atoms with Gasteiger partial charge in [-0.1, -0.05) is 11.6 Å². The third-order valence-electron chi connectivity index (χ3n) is 2.94. The molecule has 0 aliphatic carbocycles. The van der Waals surface area contributed by atoms with Crippen molar-refractivity contribution in [3.05, 3.63) is 23.2 Å². The van der Waals surface area contributed by atoms with E-state index in [1.54, 1.807) is 12.1 Å². The number of carbonyl (C=O) groups excluding carboxylic acids is 1. The number of halogens is 1. The Bertz CT molecular complexity index is 556. The van der Waals surface area contributed by atoms with Crippen LogP contribution >= 0.6 is 11.6 Å². The number of benzene rings is 1. The summed E-state index contributed by atoms with van der Waals surface area (Å²) < 4.78 is 11.6. The lowest BCUT2D eigenvalue weighted by Gasteiger charge is -2.19. The van der Waals surface area contributed by atoms with Crippen LogP contribution in [-0.2, 0) is 10.8 Å². The molecule has 124 valence electrons. The van der Waals surface area contributed by atoms with Gasteiger partial charge in [0.25, 0.3) is 0 Å². The van der Waals surface area contributed by atoms with Crippen molar-refractivity contribution in [1.82, 2.24) is 5.32 Å². The second-order valence-corrected chi connectivity index (χ2v) is 8.86. The quantitative estimate of drug-likeness (QED) is 0.862. The fraction of sp³-hybridized carbons (Fsp3) is 0.533. The van der Waals surface area contributed by atoms with Gasteiger partial charge in [0.1, 0.15) is 0 Å². The smallest absolute Gasteiger partial charge is 0.319 e. The zero-order valence-electron chi connectivity index (χ0n) is 13.7. The highest BCUT2D eigenvalue weighted by molar-refractivity contribution is 7.86. The van der Waals surface area contributed by atoms with E-state index in [2.05, 4.69) is 10.6 Å². The fourth-order valence-corrected chi connectivity index (χ4v) is 2.80. The third kappa shape index (κ3) is 5.85. The minimum atomic E-state index is -0.987. The van der Waals surface area contributed by atoms with Crippen molar-refractivity contribution in [1.29, 1.82) is 0 Å². The van der Waals surface area contributed by atoms with Crippen LogP contribution in [0.15, 0.2) is 18.2 Å². The largest absolute Gasteiger partial charge is 0.376 e. The predicted molar refractivity (Wildman–Crippen MR) is 95.6 cm³/mol. The molecule has 0 aliphatic rings. The monoisotopic (exact) mass is 345 g/mol. The van der Waals surface area contributed by atoms with E-state index in [1.807, 2.05) is 45.8 Å². The molecular formula is C15H24ClN3O2S. The second kappa shape index (κ2) is 7.83. The summed E-state index contributed by atoms with van der Waals surface area (Å²) in [6, 6.07) is 4.97. The maximum Gasteiger partial charge on any atom is 0.319 e. The molecule has 1 aromatic rings. The van der Waals surface area contributed by atoms with E-state index in [0.717, 1.165) is 5.69 Å². The normalized spacial score (nSPS) is 12.6. The number of anilines is 2. The molecule has 7 heteroatoms. The molecule has 2 N–H and O–H groups in total. The number of hydrogen-bond donors (Lipinski definition) is 2. The summed E-state index contributed by atoms with van der Waals surface area (Å²) in [4.78, 5) is 13.8. The van der Waals surface area contributed by atoms with Crippen LogP contribution in [0.1, 0.15) is 20.8 Å². The predicted octanol–water partition coefficient (Wildman–Crippen LogP) is 3.07. The van der Waals surface area contributed by atoms with Crippen molar-refractivity contribution in [3.8, 4) is 0 Å². The molecule has 0 fully saturated rings. The number of carbonyl (C=O) groups is 1. The first-order valence-corrected chi connectivity index (χ1v) is 8.71. The number of hydrogen-bond acceptors (Lipinski definition) is 3. The van der Waals surface area contributed by atoms with Crippen LogP contribution in [0.25, 0.3) is 0 Å². The molecular weight excluding hydrogens is 322 g/mol. The summed E-state index contributed by atoms with van der Waals surface area (Å²) in [5, 5.41) is 6.04. The third-order valence-corrected chi connectivity index (χ3v) is 5.12. The minimum Gasteiger partial charge on any atom is -0.376 e. The van der Waals surface area contributed by atoms with E-state index in [9.17, 15) is 9.00 Å². The van der Waals surface area contributed by atoms with Gasteiger partial charge >= 0.3 is 6.03 Å². The van der Waals surface area contributed by atoms with Crippen molar-refractivity contribution in [2.45, 2.75) is 25.5 Å². The standard InChI is InChI=1S/C15H24ClN3O2S/c1-15(2,3)22(21)9-8-17-14(20)18-12-10-11(16)6-7-13(12)19(4)5/h6-7,10H,8-9H2,1-5H3,(H2,17,18,20)/t22-/m0/s1. The Labute approximate surface area is 139 Å². The lowest BCUT2D eigenvalue weighted by Crippen LogP contribution is -2.35. The summed E-state index contributed by atoms with van der Waals surface area (Å²) >= 11 is 5.97. The van der Waals surface area contributed by atoms with Gasteiger partial charge in [0.05, 0.1) is 11.4 Å². The van der Waals surface area contributed by atoms with E-state index < -0.39 is 10.8 Å². The molecule has 1 rings (SSSR count). The Balaban J connectivity index is 2.59. The summed E-state index contributed by atoms with van der Waals surface area (Å²) in [5.41, 5.74) is 1.49. The summed E-state index contributed by atoms with van der Waals surface area (Å²) in [6.07, 6.45) is 0. The van der Waals surface area contributed by atoms with Crippen LogP contribution in [0.2, 0.25) is 5.02 Å². The molecule has 2 amide bonds. The first kappa shape index (κ1) is 18.8. The molecule has 5 nitrogen and oxygen atoms in total. The lowest BCUT2D eigenvalue weighted by atomic mass is 10.2. The SMILES string of the molecule is CN(C)c1ccc(Cl)cc1NC(=O)NCC[S@](=O)C(C)(C)C. The van der Waals surface area contributed by atoms with Crippen molar-refractivity contribution in [3.63, 3.8) is 0 Å². The zero-order valence-corrected chi connectivity index (χ0v) is 15.3. The van der Waals surface area contributed by atoms with Crippen LogP contribution in [0.4, 0.5) is 16.2 Å².